The lowest BCUT2D eigenvalue weighted by atomic mass is 9.73. The molecule has 0 radical (unpaired) electrons. The predicted octanol–water partition coefficient (Wildman–Crippen LogP) is 3.02. The van der Waals surface area contributed by atoms with E-state index in [4.69, 9.17) is 5.73 Å². The summed E-state index contributed by atoms with van der Waals surface area (Å²) in [7, 11) is 0. The average molecular weight is 226 g/mol. The molecule has 0 amide bonds. The highest BCUT2D eigenvalue weighted by Crippen LogP contribution is 2.36. The van der Waals surface area contributed by atoms with Gasteiger partial charge in [-0.05, 0) is 50.7 Å². The maximum Gasteiger partial charge on any atom is 0.00501 e. The summed E-state index contributed by atoms with van der Waals surface area (Å²) in [4.78, 5) is 2.64. The molecule has 0 saturated heterocycles. The Bertz CT molecular complexity index is 168. The van der Waals surface area contributed by atoms with E-state index in [0.717, 1.165) is 6.54 Å². The van der Waals surface area contributed by atoms with Crippen molar-refractivity contribution in [3.8, 4) is 0 Å². The highest BCUT2D eigenvalue weighted by atomic mass is 15.1. The van der Waals surface area contributed by atoms with Crippen molar-refractivity contribution < 1.29 is 0 Å². The Morgan fingerprint density at radius 3 is 2.00 bits per heavy atom. The molecule has 96 valence electrons. The Morgan fingerprint density at radius 1 is 1.00 bits per heavy atom. The monoisotopic (exact) mass is 226 g/mol. The molecule has 0 heterocycles. The summed E-state index contributed by atoms with van der Waals surface area (Å²) in [6, 6.07) is 0. The first-order valence-corrected chi connectivity index (χ1v) is 7.19. The highest BCUT2D eigenvalue weighted by molar-refractivity contribution is 4.86. The molecule has 0 atom stereocenters. The number of nitrogens with two attached hydrogens (primary N) is 1. The quantitative estimate of drug-likeness (QED) is 0.723. The van der Waals surface area contributed by atoms with Crippen LogP contribution in [0.2, 0.25) is 0 Å². The minimum absolute atomic E-state index is 0.447. The molecular formula is C14H30N2. The molecular weight excluding hydrogens is 196 g/mol. The van der Waals surface area contributed by atoms with Crippen LogP contribution in [0.25, 0.3) is 0 Å². The summed E-state index contributed by atoms with van der Waals surface area (Å²) in [6.45, 7) is 9.17. The van der Waals surface area contributed by atoms with E-state index in [1.54, 1.807) is 0 Å². The maximum absolute atomic E-state index is 6.05. The van der Waals surface area contributed by atoms with Gasteiger partial charge in [0.1, 0.15) is 0 Å². The molecule has 2 nitrogen and oxygen atoms in total. The molecule has 16 heavy (non-hydrogen) atoms. The van der Waals surface area contributed by atoms with Crippen LogP contribution in [0.15, 0.2) is 0 Å². The topological polar surface area (TPSA) is 29.3 Å². The summed E-state index contributed by atoms with van der Waals surface area (Å²) in [5.74, 6) is 0. The lowest BCUT2D eigenvalue weighted by Gasteiger charge is -2.40. The second-order valence-corrected chi connectivity index (χ2v) is 5.54. The van der Waals surface area contributed by atoms with E-state index in [9.17, 15) is 0 Å². The van der Waals surface area contributed by atoms with Crippen molar-refractivity contribution in [2.45, 2.75) is 58.8 Å². The molecule has 1 aliphatic carbocycles. The largest absolute Gasteiger partial charge is 0.330 e. The summed E-state index contributed by atoms with van der Waals surface area (Å²) in [6.07, 6.45) is 9.44. The Labute approximate surface area is 102 Å². The fourth-order valence-electron chi connectivity index (χ4n) is 3.11. The molecule has 1 fully saturated rings. The minimum Gasteiger partial charge on any atom is -0.330 e. The van der Waals surface area contributed by atoms with Gasteiger partial charge in [0, 0.05) is 6.54 Å². The molecule has 1 aliphatic rings. The zero-order valence-electron chi connectivity index (χ0n) is 11.3. The maximum atomic E-state index is 6.05. The molecule has 1 saturated carbocycles. The molecule has 0 aliphatic heterocycles. The lowest BCUT2D eigenvalue weighted by Crippen LogP contribution is -2.44. The smallest absolute Gasteiger partial charge is 0.00501 e. The van der Waals surface area contributed by atoms with Gasteiger partial charge in [0.05, 0.1) is 0 Å². The van der Waals surface area contributed by atoms with Crippen LogP contribution in [0.3, 0.4) is 0 Å². The zero-order valence-corrected chi connectivity index (χ0v) is 11.3. The van der Waals surface area contributed by atoms with Gasteiger partial charge in [-0.1, -0.05) is 33.1 Å². The van der Waals surface area contributed by atoms with Crippen LogP contribution in [-0.2, 0) is 0 Å². The van der Waals surface area contributed by atoms with E-state index >= 15 is 0 Å². The fraction of sp³-hybridized carbons (Fsp3) is 1.00. The third-order valence-electron chi connectivity index (χ3n) is 3.99. The first-order valence-electron chi connectivity index (χ1n) is 7.19. The van der Waals surface area contributed by atoms with Crippen LogP contribution < -0.4 is 5.73 Å². The highest BCUT2D eigenvalue weighted by Gasteiger charge is 2.32. The normalized spacial score (nSPS) is 20.2. The summed E-state index contributed by atoms with van der Waals surface area (Å²) in [5.41, 5.74) is 6.50. The summed E-state index contributed by atoms with van der Waals surface area (Å²) < 4.78 is 0. The lowest BCUT2D eigenvalue weighted by molar-refractivity contribution is 0.111. The van der Waals surface area contributed by atoms with Gasteiger partial charge in [-0.15, -0.1) is 0 Å². The van der Waals surface area contributed by atoms with Gasteiger partial charge in [-0.25, -0.2) is 0 Å². The zero-order chi connectivity index (χ0) is 11.9. The van der Waals surface area contributed by atoms with Crippen LogP contribution in [0, 0.1) is 5.41 Å². The molecule has 0 aromatic heterocycles. The molecule has 2 N–H and O–H groups in total. The first kappa shape index (κ1) is 14.0. The molecule has 0 unspecified atom stereocenters. The molecule has 0 spiro atoms. The molecule has 2 heteroatoms. The Morgan fingerprint density at radius 2 is 1.56 bits per heavy atom. The minimum atomic E-state index is 0.447. The summed E-state index contributed by atoms with van der Waals surface area (Å²) >= 11 is 0. The molecule has 0 aromatic rings. The van der Waals surface area contributed by atoms with Crippen molar-refractivity contribution in [2.24, 2.45) is 11.1 Å². The van der Waals surface area contributed by atoms with Gasteiger partial charge in [0.2, 0.25) is 0 Å². The van der Waals surface area contributed by atoms with Gasteiger partial charge in [0.25, 0.3) is 0 Å². The van der Waals surface area contributed by atoms with Gasteiger partial charge in [-0.2, -0.15) is 0 Å². The van der Waals surface area contributed by atoms with Crippen LogP contribution in [0.5, 0.6) is 0 Å². The second-order valence-electron chi connectivity index (χ2n) is 5.54. The van der Waals surface area contributed by atoms with E-state index in [2.05, 4.69) is 18.7 Å². The number of nitrogens with zero attached hydrogens (tertiary/aromatic N) is 1. The van der Waals surface area contributed by atoms with Gasteiger partial charge < -0.3 is 10.6 Å². The Kier molecular flexibility index (Phi) is 6.37. The van der Waals surface area contributed by atoms with Gasteiger partial charge >= 0.3 is 0 Å². The fourth-order valence-corrected chi connectivity index (χ4v) is 3.11. The predicted molar refractivity (Wildman–Crippen MR) is 71.6 cm³/mol. The van der Waals surface area contributed by atoms with Crippen molar-refractivity contribution >= 4 is 0 Å². The third kappa shape index (κ3) is 4.06. The molecule has 0 bridgehead atoms. The van der Waals surface area contributed by atoms with Crippen molar-refractivity contribution in [2.75, 3.05) is 26.2 Å². The number of hydrogen-bond donors (Lipinski definition) is 1. The van der Waals surface area contributed by atoms with E-state index in [1.165, 1.54) is 64.6 Å². The van der Waals surface area contributed by atoms with Crippen LogP contribution in [-0.4, -0.2) is 31.1 Å². The van der Waals surface area contributed by atoms with Crippen LogP contribution >= 0.6 is 0 Å². The van der Waals surface area contributed by atoms with Crippen LogP contribution in [0.4, 0.5) is 0 Å². The Hall–Kier alpha value is -0.0800. The standard InChI is InChI=1S/C14H30N2/c1-3-10-16(11-4-2)13-14(12-15)8-6-5-7-9-14/h3-13,15H2,1-2H3. The second kappa shape index (κ2) is 7.29. The number of hydrogen-bond acceptors (Lipinski definition) is 2. The van der Waals surface area contributed by atoms with Gasteiger partial charge in [0.15, 0.2) is 0 Å². The van der Waals surface area contributed by atoms with E-state index in [1.807, 2.05) is 0 Å². The van der Waals surface area contributed by atoms with Crippen molar-refractivity contribution in [1.29, 1.82) is 0 Å². The van der Waals surface area contributed by atoms with E-state index in [-0.39, 0.29) is 0 Å². The molecule has 1 rings (SSSR count). The number of rotatable bonds is 7. The van der Waals surface area contributed by atoms with Crippen molar-refractivity contribution in [1.82, 2.24) is 4.90 Å². The van der Waals surface area contributed by atoms with E-state index < -0.39 is 0 Å². The average Bonchev–Trinajstić information content (AvgIpc) is 2.31. The van der Waals surface area contributed by atoms with Crippen LogP contribution in [0.1, 0.15) is 58.8 Å². The van der Waals surface area contributed by atoms with Crippen molar-refractivity contribution in [3.05, 3.63) is 0 Å². The first-order chi connectivity index (χ1) is 7.76. The van der Waals surface area contributed by atoms with Crippen molar-refractivity contribution in [3.63, 3.8) is 0 Å². The summed E-state index contributed by atoms with van der Waals surface area (Å²) in [5, 5.41) is 0. The Balaban J connectivity index is 2.50. The SMILES string of the molecule is CCCN(CCC)CC1(CN)CCCCC1. The molecule has 0 aromatic carbocycles. The third-order valence-corrected chi connectivity index (χ3v) is 3.99. The van der Waals surface area contributed by atoms with Gasteiger partial charge in [-0.3, -0.25) is 0 Å². The van der Waals surface area contributed by atoms with E-state index in [0.29, 0.717) is 5.41 Å².